The first-order chi connectivity index (χ1) is 5.94. The molecule has 3 atom stereocenters. The molecule has 0 aromatic rings. The van der Waals surface area contributed by atoms with Gasteiger partial charge in [-0.2, -0.15) is 0 Å². The Bertz CT molecular complexity index is 251. The quantitative estimate of drug-likeness (QED) is 0.336. The highest BCUT2D eigenvalue weighted by Gasteiger charge is 2.54. The predicted molar refractivity (Wildman–Crippen MR) is 56.7 cm³/mol. The molecule has 13 heavy (non-hydrogen) atoms. The van der Waals surface area contributed by atoms with Crippen LogP contribution in [0.3, 0.4) is 0 Å². The van der Waals surface area contributed by atoms with Gasteiger partial charge in [-0.3, -0.25) is 9.59 Å². The van der Waals surface area contributed by atoms with E-state index in [2.05, 4.69) is 22.6 Å². The van der Waals surface area contributed by atoms with Crippen molar-refractivity contribution in [2.45, 2.75) is 26.9 Å². The average Bonchev–Trinajstić information content (AvgIpc) is 2.30. The fourth-order valence-corrected chi connectivity index (χ4v) is 2.49. The summed E-state index contributed by atoms with van der Waals surface area (Å²) in [6.45, 7) is 5.03. The molecule has 1 fully saturated rings. The number of ketones is 1. The molecule has 0 spiro atoms. The lowest BCUT2D eigenvalue weighted by Crippen LogP contribution is -2.36. The molecule has 1 rings (SSSR count). The predicted octanol–water partition coefficient (Wildman–Crippen LogP) is 1.58. The summed E-state index contributed by atoms with van der Waals surface area (Å²) in [5.74, 6) is -0.485. The Morgan fingerprint density at radius 3 is 2.46 bits per heavy atom. The van der Waals surface area contributed by atoms with E-state index < -0.39 is 5.41 Å². The maximum Gasteiger partial charge on any atom is 0.320 e. The fourth-order valence-electron chi connectivity index (χ4n) is 1.55. The number of hydrogen-bond acceptors (Lipinski definition) is 3. The number of carbonyl (C=O) groups is 2. The molecule has 0 radical (unpaired) electrons. The number of alkyl halides is 1. The minimum absolute atomic E-state index is 0.0191. The average molecular weight is 296 g/mol. The number of rotatable bonds is 2. The van der Waals surface area contributed by atoms with Crippen molar-refractivity contribution in [3.05, 3.63) is 0 Å². The highest BCUT2D eigenvalue weighted by atomic mass is 127. The Hall–Kier alpha value is -0.130. The smallest absolute Gasteiger partial charge is 0.320 e. The van der Waals surface area contributed by atoms with Gasteiger partial charge in [-0.15, -0.1) is 0 Å². The minimum Gasteiger partial charge on any atom is -0.460 e. The van der Waals surface area contributed by atoms with Crippen molar-refractivity contribution >= 4 is 34.3 Å². The van der Waals surface area contributed by atoms with Gasteiger partial charge in [0.1, 0.15) is 17.3 Å². The summed E-state index contributed by atoms with van der Waals surface area (Å²) in [6.07, 6.45) is -0.109. The van der Waals surface area contributed by atoms with Crippen LogP contribution >= 0.6 is 22.6 Å². The zero-order valence-electron chi connectivity index (χ0n) is 7.96. The lowest BCUT2D eigenvalue weighted by atomic mass is 9.75. The standard InChI is InChI=1S/C9H13IO3/c1-5-7(4-10)13-8(12)9(5,3)6(2)11/h5,7H,4H2,1-3H3/t5-,7+,9+/m1/s1. The maximum absolute atomic E-state index is 11.5. The van der Waals surface area contributed by atoms with E-state index in [9.17, 15) is 9.59 Å². The van der Waals surface area contributed by atoms with Gasteiger partial charge in [-0.1, -0.05) is 29.5 Å². The zero-order valence-corrected chi connectivity index (χ0v) is 10.1. The summed E-state index contributed by atoms with van der Waals surface area (Å²) in [5.41, 5.74) is -0.921. The van der Waals surface area contributed by atoms with Gasteiger partial charge in [-0.05, 0) is 13.8 Å². The minimum atomic E-state index is -0.921. The van der Waals surface area contributed by atoms with E-state index in [1.54, 1.807) is 6.92 Å². The molecule has 74 valence electrons. The van der Waals surface area contributed by atoms with Gasteiger partial charge < -0.3 is 4.74 Å². The summed E-state index contributed by atoms with van der Waals surface area (Å²) in [5, 5.41) is 0. The molecule has 1 heterocycles. The van der Waals surface area contributed by atoms with Crippen molar-refractivity contribution in [3.8, 4) is 0 Å². The second kappa shape index (κ2) is 3.55. The first kappa shape index (κ1) is 10.9. The molecule has 0 aromatic heterocycles. The third-order valence-corrected chi connectivity index (χ3v) is 3.90. The van der Waals surface area contributed by atoms with Crippen molar-refractivity contribution in [1.82, 2.24) is 0 Å². The molecule has 4 heteroatoms. The van der Waals surface area contributed by atoms with E-state index in [4.69, 9.17) is 4.74 Å². The van der Waals surface area contributed by atoms with Crippen molar-refractivity contribution in [2.24, 2.45) is 11.3 Å². The Kier molecular flexibility index (Phi) is 2.99. The third kappa shape index (κ3) is 1.49. The first-order valence-corrected chi connectivity index (χ1v) is 5.75. The van der Waals surface area contributed by atoms with E-state index in [1.807, 2.05) is 6.92 Å². The van der Waals surface area contributed by atoms with Crippen LogP contribution in [0.15, 0.2) is 0 Å². The van der Waals surface area contributed by atoms with Crippen LogP contribution in [0.2, 0.25) is 0 Å². The highest BCUT2D eigenvalue weighted by Crippen LogP contribution is 2.40. The Morgan fingerprint density at radius 2 is 2.23 bits per heavy atom. The van der Waals surface area contributed by atoms with E-state index in [1.165, 1.54) is 6.92 Å². The van der Waals surface area contributed by atoms with E-state index in [0.29, 0.717) is 0 Å². The first-order valence-electron chi connectivity index (χ1n) is 4.22. The van der Waals surface area contributed by atoms with Crippen molar-refractivity contribution in [2.75, 3.05) is 4.43 Å². The SMILES string of the molecule is CC(=O)[C@@]1(C)C(=O)O[C@@H](CI)[C@H]1C. The van der Waals surface area contributed by atoms with Gasteiger partial charge in [0.05, 0.1) is 0 Å². The van der Waals surface area contributed by atoms with Crippen LogP contribution in [0.1, 0.15) is 20.8 Å². The number of halogens is 1. The fraction of sp³-hybridized carbons (Fsp3) is 0.778. The molecule has 0 amide bonds. The molecule has 0 bridgehead atoms. The number of cyclic esters (lactones) is 1. The van der Waals surface area contributed by atoms with Crippen LogP contribution in [-0.2, 0) is 14.3 Å². The summed E-state index contributed by atoms with van der Waals surface area (Å²) in [4.78, 5) is 22.8. The van der Waals surface area contributed by atoms with Crippen LogP contribution in [0.5, 0.6) is 0 Å². The van der Waals surface area contributed by atoms with E-state index >= 15 is 0 Å². The molecule has 1 saturated heterocycles. The van der Waals surface area contributed by atoms with Crippen molar-refractivity contribution in [3.63, 3.8) is 0 Å². The van der Waals surface area contributed by atoms with Gasteiger partial charge in [0.2, 0.25) is 0 Å². The summed E-state index contributed by atoms with van der Waals surface area (Å²) in [7, 11) is 0. The molecule has 0 unspecified atom stereocenters. The summed E-state index contributed by atoms with van der Waals surface area (Å²) >= 11 is 2.17. The van der Waals surface area contributed by atoms with Crippen molar-refractivity contribution < 1.29 is 14.3 Å². The summed E-state index contributed by atoms with van der Waals surface area (Å²) in [6, 6.07) is 0. The maximum atomic E-state index is 11.5. The molecule has 0 N–H and O–H groups in total. The Morgan fingerprint density at radius 1 is 1.69 bits per heavy atom. The molecule has 0 aliphatic carbocycles. The zero-order chi connectivity index (χ0) is 10.2. The van der Waals surface area contributed by atoms with Gasteiger partial charge in [0.15, 0.2) is 0 Å². The van der Waals surface area contributed by atoms with Gasteiger partial charge in [0.25, 0.3) is 0 Å². The normalized spacial score (nSPS) is 38.9. The second-order valence-corrected chi connectivity index (χ2v) is 4.53. The number of Topliss-reactive ketones (excluding diaryl/α,β-unsaturated/α-hetero) is 1. The van der Waals surface area contributed by atoms with Crippen LogP contribution in [0, 0.1) is 11.3 Å². The van der Waals surface area contributed by atoms with Crippen molar-refractivity contribution in [1.29, 1.82) is 0 Å². The molecule has 0 aromatic carbocycles. The van der Waals surface area contributed by atoms with Crippen LogP contribution in [0.25, 0.3) is 0 Å². The number of esters is 1. The Balaban J connectivity index is 2.99. The molecule has 0 saturated carbocycles. The second-order valence-electron chi connectivity index (χ2n) is 3.65. The number of carbonyl (C=O) groups excluding carboxylic acids is 2. The van der Waals surface area contributed by atoms with E-state index in [0.717, 1.165) is 4.43 Å². The topological polar surface area (TPSA) is 43.4 Å². The highest BCUT2D eigenvalue weighted by molar-refractivity contribution is 14.1. The third-order valence-electron chi connectivity index (χ3n) is 3.03. The lowest BCUT2D eigenvalue weighted by molar-refractivity contribution is -0.151. The van der Waals surface area contributed by atoms with Gasteiger partial charge >= 0.3 is 5.97 Å². The van der Waals surface area contributed by atoms with Crippen LogP contribution in [-0.4, -0.2) is 22.3 Å². The Labute approximate surface area is 91.4 Å². The molecular formula is C9H13IO3. The molecule has 1 aliphatic heterocycles. The molecule has 1 aliphatic rings. The number of ether oxygens (including phenoxy) is 1. The van der Waals surface area contributed by atoms with Crippen LogP contribution < -0.4 is 0 Å². The van der Waals surface area contributed by atoms with Gasteiger partial charge in [-0.25, -0.2) is 0 Å². The largest absolute Gasteiger partial charge is 0.460 e. The monoisotopic (exact) mass is 296 g/mol. The molecular weight excluding hydrogens is 283 g/mol. The molecule has 3 nitrogen and oxygen atoms in total. The van der Waals surface area contributed by atoms with Crippen LogP contribution in [0.4, 0.5) is 0 Å². The number of hydrogen-bond donors (Lipinski definition) is 0. The van der Waals surface area contributed by atoms with E-state index in [-0.39, 0.29) is 23.8 Å². The summed E-state index contributed by atoms with van der Waals surface area (Å²) < 4.78 is 5.88. The lowest BCUT2D eigenvalue weighted by Gasteiger charge is -2.21. The van der Waals surface area contributed by atoms with Gasteiger partial charge in [0, 0.05) is 10.3 Å².